The molecular formula is C29H20ClN3O2S2. The Labute approximate surface area is 227 Å². The van der Waals surface area contributed by atoms with Gasteiger partial charge in [0.1, 0.15) is 5.75 Å². The molecule has 1 fully saturated rings. The van der Waals surface area contributed by atoms with E-state index in [1.807, 2.05) is 95.3 Å². The highest BCUT2D eigenvalue weighted by atomic mass is 35.5. The number of hydrogen-bond acceptors (Lipinski definition) is 6. The second-order valence-electron chi connectivity index (χ2n) is 8.93. The van der Waals surface area contributed by atoms with Gasteiger partial charge in [-0.2, -0.15) is 5.10 Å². The van der Waals surface area contributed by atoms with Gasteiger partial charge in [-0.05, 0) is 65.2 Å². The van der Waals surface area contributed by atoms with Gasteiger partial charge in [-0.3, -0.25) is 4.79 Å². The number of fused-ring (bicyclic) bond motifs is 4. The summed E-state index contributed by atoms with van der Waals surface area (Å²) in [5.74, 6) is -0.585. The number of hydrazone groups is 1. The van der Waals surface area contributed by atoms with Crippen LogP contribution in [-0.2, 0) is 0 Å². The molecule has 182 valence electrons. The van der Waals surface area contributed by atoms with Gasteiger partial charge in [0.05, 0.1) is 22.3 Å². The number of rotatable bonds is 3. The zero-order valence-electron chi connectivity index (χ0n) is 19.5. The molecule has 0 bridgehead atoms. The SMILES string of the molecule is O=C1S/C(=C\c2cccs2)C2(Oc3ccc(Cl)cc3C3CC(c4ccccc4)=NN32)N1c1ccccc1. The first kappa shape index (κ1) is 22.7. The molecule has 2 unspecified atom stereocenters. The van der Waals surface area contributed by atoms with E-state index in [0.717, 1.165) is 32.3 Å². The minimum absolute atomic E-state index is 0.117. The van der Waals surface area contributed by atoms with Crippen LogP contribution in [0.25, 0.3) is 6.08 Å². The van der Waals surface area contributed by atoms with E-state index in [1.54, 1.807) is 16.2 Å². The van der Waals surface area contributed by atoms with E-state index in [9.17, 15) is 4.79 Å². The van der Waals surface area contributed by atoms with Crippen LogP contribution in [0.2, 0.25) is 5.02 Å². The monoisotopic (exact) mass is 541 g/mol. The van der Waals surface area contributed by atoms with Crippen LogP contribution in [0.15, 0.2) is 106 Å². The van der Waals surface area contributed by atoms with Crippen LogP contribution < -0.4 is 9.64 Å². The van der Waals surface area contributed by atoms with E-state index in [4.69, 9.17) is 21.4 Å². The Morgan fingerprint density at radius 1 is 1.00 bits per heavy atom. The lowest BCUT2D eigenvalue weighted by Crippen LogP contribution is -2.63. The van der Waals surface area contributed by atoms with Crippen LogP contribution in [0.3, 0.4) is 0 Å². The molecule has 0 N–H and O–H groups in total. The summed E-state index contributed by atoms with van der Waals surface area (Å²) >= 11 is 9.26. The quantitative estimate of drug-likeness (QED) is 0.263. The number of ether oxygens (including phenoxy) is 1. The third-order valence-corrected chi connectivity index (χ3v) is 8.76. The van der Waals surface area contributed by atoms with Crippen molar-refractivity contribution in [2.75, 3.05) is 4.90 Å². The molecule has 8 heteroatoms. The molecule has 0 radical (unpaired) electrons. The maximum absolute atomic E-state index is 13.8. The summed E-state index contributed by atoms with van der Waals surface area (Å²) < 4.78 is 6.91. The van der Waals surface area contributed by atoms with Gasteiger partial charge in [-0.1, -0.05) is 66.2 Å². The van der Waals surface area contributed by atoms with Crippen molar-refractivity contribution >= 4 is 57.4 Å². The van der Waals surface area contributed by atoms with Crippen molar-refractivity contribution in [3.63, 3.8) is 0 Å². The number of carbonyl (C=O) groups is 1. The highest BCUT2D eigenvalue weighted by molar-refractivity contribution is 8.17. The van der Waals surface area contributed by atoms with Gasteiger partial charge < -0.3 is 4.74 Å². The summed E-state index contributed by atoms with van der Waals surface area (Å²) in [5, 5.41) is 9.69. The zero-order chi connectivity index (χ0) is 25.0. The molecule has 2 atom stereocenters. The molecule has 4 heterocycles. The standard InChI is InChI=1S/C29H20ClN3O2S2/c30-20-13-14-26-23(16-20)25-18-24(19-8-3-1-4-9-19)31-33(25)29(35-26)27(17-22-12-7-15-36-22)37-28(34)32(29)21-10-5-2-6-11-21/h1-17,25H,18H2/b27-17-. The summed E-state index contributed by atoms with van der Waals surface area (Å²) in [5.41, 5.74) is 3.69. The van der Waals surface area contributed by atoms with Crippen molar-refractivity contribution in [3.8, 4) is 5.75 Å². The maximum Gasteiger partial charge on any atom is 0.321 e. The average Bonchev–Trinajstić information content (AvgIpc) is 3.66. The van der Waals surface area contributed by atoms with Crippen molar-refractivity contribution in [1.82, 2.24) is 5.01 Å². The first-order valence-corrected chi connectivity index (χ1v) is 13.9. The van der Waals surface area contributed by atoms with Crippen LogP contribution >= 0.6 is 34.7 Å². The first-order valence-electron chi connectivity index (χ1n) is 11.9. The van der Waals surface area contributed by atoms with Gasteiger partial charge in [0.25, 0.3) is 5.24 Å². The number of thiophene rings is 1. The lowest BCUT2D eigenvalue weighted by molar-refractivity contribution is -0.0763. The Morgan fingerprint density at radius 3 is 2.54 bits per heavy atom. The Balaban J connectivity index is 1.49. The summed E-state index contributed by atoms with van der Waals surface area (Å²) in [6.45, 7) is 0. The molecule has 1 amide bonds. The highest BCUT2D eigenvalue weighted by Crippen LogP contribution is 2.57. The normalized spacial score (nSPS) is 23.3. The molecule has 3 aromatic carbocycles. The fourth-order valence-electron chi connectivity index (χ4n) is 5.14. The Hall–Kier alpha value is -3.52. The van der Waals surface area contributed by atoms with Gasteiger partial charge in [-0.25, -0.2) is 9.91 Å². The van der Waals surface area contributed by atoms with Crippen LogP contribution in [0, 0.1) is 0 Å². The van der Waals surface area contributed by atoms with Gasteiger partial charge in [0, 0.05) is 21.9 Å². The molecule has 0 aliphatic carbocycles. The smallest absolute Gasteiger partial charge is 0.321 e. The second-order valence-corrected chi connectivity index (χ2v) is 11.3. The van der Waals surface area contributed by atoms with Crippen molar-refractivity contribution in [3.05, 3.63) is 122 Å². The van der Waals surface area contributed by atoms with E-state index in [2.05, 4.69) is 12.1 Å². The number of nitrogens with zero attached hydrogens (tertiary/aromatic N) is 3. The Kier molecular flexibility index (Phi) is 5.39. The average molecular weight is 542 g/mol. The molecule has 1 saturated heterocycles. The summed E-state index contributed by atoms with van der Waals surface area (Å²) in [4.78, 5) is 17.3. The van der Waals surface area contributed by atoms with E-state index in [1.165, 1.54) is 11.8 Å². The van der Waals surface area contributed by atoms with Crippen LogP contribution in [0.1, 0.15) is 28.5 Å². The largest absolute Gasteiger partial charge is 0.443 e. The maximum atomic E-state index is 13.8. The molecule has 1 aromatic heterocycles. The molecule has 5 nitrogen and oxygen atoms in total. The number of benzene rings is 3. The third kappa shape index (κ3) is 3.61. The van der Waals surface area contributed by atoms with E-state index in [-0.39, 0.29) is 11.3 Å². The second kappa shape index (κ2) is 8.80. The van der Waals surface area contributed by atoms with Crippen molar-refractivity contribution in [2.24, 2.45) is 5.10 Å². The molecule has 3 aliphatic rings. The van der Waals surface area contributed by atoms with Crippen molar-refractivity contribution in [1.29, 1.82) is 0 Å². The molecule has 4 aromatic rings. The molecular weight excluding hydrogens is 522 g/mol. The molecule has 1 spiro atoms. The van der Waals surface area contributed by atoms with Gasteiger partial charge in [-0.15, -0.1) is 11.3 Å². The van der Waals surface area contributed by atoms with Gasteiger partial charge in [0.15, 0.2) is 0 Å². The van der Waals surface area contributed by atoms with E-state index in [0.29, 0.717) is 17.2 Å². The van der Waals surface area contributed by atoms with Crippen LogP contribution in [-0.4, -0.2) is 21.8 Å². The number of thioether (sulfide) groups is 1. The molecule has 0 saturated carbocycles. The van der Waals surface area contributed by atoms with Crippen molar-refractivity contribution in [2.45, 2.75) is 18.3 Å². The summed E-state index contributed by atoms with van der Waals surface area (Å²) in [6, 6.07) is 29.4. The minimum atomic E-state index is -1.28. The number of hydrogen-bond donors (Lipinski definition) is 0. The van der Waals surface area contributed by atoms with Crippen LogP contribution in [0.4, 0.5) is 10.5 Å². The summed E-state index contributed by atoms with van der Waals surface area (Å²) in [7, 11) is 0. The first-order chi connectivity index (χ1) is 18.1. The van der Waals surface area contributed by atoms with Crippen LogP contribution in [0.5, 0.6) is 5.75 Å². The fraction of sp³-hybridized carbons (Fsp3) is 0.103. The lowest BCUT2D eigenvalue weighted by Gasteiger charge is -2.49. The topological polar surface area (TPSA) is 45.1 Å². The molecule has 7 rings (SSSR count). The van der Waals surface area contributed by atoms with Gasteiger partial charge >= 0.3 is 5.85 Å². The minimum Gasteiger partial charge on any atom is -0.443 e. The predicted octanol–water partition coefficient (Wildman–Crippen LogP) is 8.01. The number of anilines is 1. The fourth-order valence-corrected chi connectivity index (χ4v) is 7.11. The lowest BCUT2D eigenvalue weighted by atomic mass is 9.95. The third-order valence-electron chi connectivity index (χ3n) is 6.75. The summed E-state index contributed by atoms with van der Waals surface area (Å²) in [6.07, 6.45) is 2.71. The number of para-hydroxylation sites is 1. The number of amides is 1. The Bertz CT molecular complexity index is 1560. The zero-order valence-corrected chi connectivity index (χ0v) is 21.8. The van der Waals surface area contributed by atoms with Gasteiger partial charge in [0.2, 0.25) is 0 Å². The number of halogens is 1. The highest BCUT2D eigenvalue weighted by Gasteiger charge is 2.63. The number of carbonyl (C=O) groups excluding carboxylic acids is 1. The van der Waals surface area contributed by atoms with Crippen molar-refractivity contribution < 1.29 is 9.53 Å². The Morgan fingerprint density at radius 2 is 1.78 bits per heavy atom. The molecule has 3 aliphatic heterocycles. The van der Waals surface area contributed by atoms with E-state index < -0.39 is 5.85 Å². The predicted molar refractivity (Wildman–Crippen MR) is 151 cm³/mol. The van der Waals surface area contributed by atoms with E-state index >= 15 is 0 Å². The molecule has 37 heavy (non-hydrogen) atoms.